The smallest absolute Gasteiger partial charge is 0.419 e. The van der Waals surface area contributed by atoms with Gasteiger partial charge in [-0.3, -0.25) is 9.36 Å². The highest BCUT2D eigenvalue weighted by molar-refractivity contribution is 6.32. The molecule has 0 aliphatic heterocycles. The lowest BCUT2D eigenvalue weighted by Crippen LogP contribution is -2.23. The third-order valence-corrected chi connectivity index (χ3v) is 5.41. The fraction of sp³-hybridized carbons (Fsp3) is 0.417. The first-order valence-electron chi connectivity index (χ1n) is 10.8. The summed E-state index contributed by atoms with van der Waals surface area (Å²) in [6.07, 6.45) is 0.873. The summed E-state index contributed by atoms with van der Waals surface area (Å²) < 4.78 is 18.1. The zero-order valence-electron chi connectivity index (χ0n) is 19.6. The maximum atomic E-state index is 12.9. The number of aromatic nitrogens is 1. The van der Waals surface area contributed by atoms with Crippen molar-refractivity contribution in [3.05, 3.63) is 51.5 Å². The van der Waals surface area contributed by atoms with Crippen LogP contribution in [0.25, 0.3) is 11.1 Å². The highest BCUT2D eigenvalue weighted by Crippen LogP contribution is 2.37. The van der Waals surface area contributed by atoms with Gasteiger partial charge in [0.25, 0.3) is 5.91 Å². The molecule has 0 saturated carbocycles. The number of benzene rings is 2. The molecule has 33 heavy (non-hydrogen) atoms. The molecule has 1 amide bonds. The average molecular weight is 476 g/mol. The van der Waals surface area contributed by atoms with E-state index >= 15 is 0 Å². The largest absolute Gasteiger partial charge is 0.493 e. The Bertz CT molecular complexity index is 1180. The van der Waals surface area contributed by atoms with E-state index in [2.05, 4.69) is 19.2 Å². The summed E-state index contributed by atoms with van der Waals surface area (Å²) in [5.41, 5.74) is 1.93. The summed E-state index contributed by atoms with van der Waals surface area (Å²) >= 11 is 6.40. The number of hydrogen-bond donors (Lipinski definition) is 1. The second kappa shape index (κ2) is 10.8. The number of anilines is 1. The second-order valence-corrected chi connectivity index (χ2v) is 8.89. The summed E-state index contributed by atoms with van der Waals surface area (Å²) in [5.74, 6) is 0.501. The predicted molar refractivity (Wildman–Crippen MR) is 130 cm³/mol. The van der Waals surface area contributed by atoms with E-state index in [1.54, 1.807) is 34.9 Å². The van der Waals surface area contributed by atoms with E-state index in [0.29, 0.717) is 64.5 Å². The normalized spacial score (nSPS) is 11.4. The van der Waals surface area contributed by atoms with Gasteiger partial charge in [0.05, 0.1) is 24.3 Å². The van der Waals surface area contributed by atoms with Gasteiger partial charge in [-0.05, 0) is 56.8 Å². The van der Waals surface area contributed by atoms with Gasteiger partial charge in [-0.1, -0.05) is 25.4 Å². The van der Waals surface area contributed by atoms with Crippen LogP contribution in [0.15, 0.2) is 39.5 Å². The third-order valence-electron chi connectivity index (χ3n) is 5.13. The summed E-state index contributed by atoms with van der Waals surface area (Å²) in [4.78, 5) is 27.1. The van der Waals surface area contributed by atoms with Crippen LogP contribution in [0.4, 0.5) is 5.69 Å². The van der Waals surface area contributed by atoms with Crippen LogP contribution in [0.5, 0.6) is 11.5 Å². The quantitative estimate of drug-likeness (QED) is 0.464. The fourth-order valence-electron chi connectivity index (χ4n) is 3.24. The summed E-state index contributed by atoms with van der Waals surface area (Å²) in [7, 11) is 5.36. The van der Waals surface area contributed by atoms with Crippen LogP contribution in [0.2, 0.25) is 5.02 Å². The van der Waals surface area contributed by atoms with Crippen LogP contribution in [-0.4, -0.2) is 49.7 Å². The monoisotopic (exact) mass is 475 g/mol. The summed E-state index contributed by atoms with van der Waals surface area (Å²) in [6, 6.07) is 8.21. The molecule has 3 aromatic rings. The van der Waals surface area contributed by atoms with E-state index in [9.17, 15) is 9.59 Å². The molecule has 2 aromatic carbocycles. The molecule has 1 N–H and O–H groups in total. The number of likely N-dealkylation sites (N-methyl/N-ethyl adjacent to an activating group) is 1. The molecule has 0 bridgehead atoms. The van der Waals surface area contributed by atoms with Gasteiger partial charge in [-0.15, -0.1) is 0 Å². The Labute approximate surface area is 198 Å². The molecule has 8 nitrogen and oxygen atoms in total. The third kappa shape index (κ3) is 6.09. The molecule has 1 aromatic heterocycles. The Morgan fingerprint density at radius 1 is 1.24 bits per heavy atom. The number of amides is 1. The van der Waals surface area contributed by atoms with Gasteiger partial charge in [0.15, 0.2) is 17.1 Å². The topological polar surface area (TPSA) is 85.9 Å². The van der Waals surface area contributed by atoms with E-state index in [1.165, 1.54) is 7.11 Å². The van der Waals surface area contributed by atoms with Gasteiger partial charge in [0.2, 0.25) is 0 Å². The van der Waals surface area contributed by atoms with Crippen molar-refractivity contribution in [1.82, 2.24) is 9.47 Å². The Morgan fingerprint density at radius 2 is 2.00 bits per heavy atom. The van der Waals surface area contributed by atoms with Crippen molar-refractivity contribution in [2.75, 3.05) is 39.7 Å². The Hall–Kier alpha value is -2.97. The second-order valence-electron chi connectivity index (χ2n) is 8.48. The van der Waals surface area contributed by atoms with Gasteiger partial charge >= 0.3 is 5.76 Å². The predicted octanol–water partition coefficient (Wildman–Crippen LogP) is 4.50. The molecule has 1 heterocycles. The molecule has 178 valence electrons. The van der Waals surface area contributed by atoms with Gasteiger partial charge in [-0.25, -0.2) is 4.79 Å². The van der Waals surface area contributed by atoms with E-state index in [0.717, 1.165) is 6.42 Å². The molecule has 0 atom stereocenters. The number of nitrogens with zero attached hydrogens (tertiary/aromatic N) is 2. The van der Waals surface area contributed by atoms with Crippen LogP contribution in [0.1, 0.15) is 30.6 Å². The maximum Gasteiger partial charge on any atom is 0.419 e. The standard InChI is InChI=1S/C24H30ClN3O5/c1-15(2)8-11-32-22-18(25)12-16(13-21(22)31-5)23(29)26-17-6-7-20-19(14-17)28(24(30)33-20)10-9-27(3)4/h6-7,12-15H,8-11H2,1-5H3,(H,26,29). The highest BCUT2D eigenvalue weighted by atomic mass is 35.5. The van der Waals surface area contributed by atoms with Crippen molar-refractivity contribution in [2.45, 2.75) is 26.8 Å². The first-order chi connectivity index (χ1) is 15.7. The lowest BCUT2D eigenvalue weighted by Gasteiger charge is -2.15. The number of nitrogens with one attached hydrogen (secondary N) is 1. The van der Waals surface area contributed by atoms with E-state index < -0.39 is 5.76 Å². The van der Waals surface area contributed by atoms with Gasteiger partial charge < -0.3 is 24.1 Å². The minimum Gasteiger partial charge on any atom is -0.493 e. The summed E-state index contributed by atoms with van der Waals surface area (Å²) in [5, 5.41) is 3.14. The van der Waals surface area contributed by atoms with E-state index in [1.807, 2.05) is 19.0 Å². The number of carbonyl (C=O) groups is 1. The number of ether oxygens (including phenoxy) is 2. The molecular formula is C24H30ClN3O5. The highest BCUT2D eigenvalue weighted by Gasteiger charge is 2.17. The zero-order chi connectivity index (χ0) is 24.1. The van der Waals surface area contributed by atoms with Crippen molar-refractivity contribution < 1.29 is 18.7 Å². The van der Waals surface area contributed by atoms with Crippen molar-refractivity contribution in [3.63, 3.8) is 0 Å². The zero-order valence-corrected chi connectivity index (χ0v) is 20.4. The van der Waals surface area contributed by atoms with Crippen LogP contribution in [0, 0.1) is 5.92 Å². The van der Waals surface area contributed by atoms with Crippen molar-refractivity contribution in [1.29, 1.82) is 0 Å². The molecule has 0 fully saturated rings. The SMILES string of the molecule is COc1cc(C(=O)Nc2ccc3oc(=O)n(CCN(C)C)c3c2)cc(Cl)c1OCCC(C)C. The van der Waals surface area contributed by atoms with Crippen LogP contribution in [-0.2, 0) is 6.54 Å². The van der Waals surface area contributed by atoms with Crippen molar-refractivity contribution in [2.24, 2.45) is 5.92 Å². The Morgan fingerprint density at radius 3 is 2.67 bits per heavy atom. The molecule has 0 saturated heterocycles. The average Bonchev–Trinajstić information content (AvgIpc) is 3.07. The lowest BCUT2D eigenvalue weighted by molar-refractivity contribution is 0.102. The minimum absolute atomic E-state index is 0.297. The number of hydrogen-bond acceptors (Lipinski definition) is 6. The van der Waals surface area contributed by atoms with Gasteiger partial charge in [0.1, 0.15) is 0 Å². The molecule has 0 aliphatic carbocycles. The van der Waals surface area contributed by atoms with Gasteiger partial charge in [0, 0.05) is 24.3 Å². The fourth-order valence-corrected chi connectivity index (χ4v) is 3.51. The maximum absolute atomic E-state index is 12.9. The first-order valence-corrected chi connectivity index (χ1v) is 11.2. The lowest BCUT2D eigenvalue weighted by atomic mass is 10.1. The van der Waals surface area contributed by atoms with Gasteiger partial charge in [-0.2, -0.15) is 0 Å². The Balaban J connectivity index is 1.82. The molecule has 0 aliphatic rings. The van der Waals surface area contributed by atoms with E-state index in [-0.39, 0.29) is 5.91 Å². The van der Waals surface area contributed by atoms with Crippen LogP contribution in [0.3, 0.4) is 0 Å². The molecule has 9 heteroatoms. The van der Waals surface area contributed by atoms with Crippen molar-refractivity contribution >= 4 is 34.3 Å². The number of rotatable bonds is 10. The minimum atomic E-state index is -0.431. The first kappa shape index (κ1) is 24.7. The molecular weight excluding hydrogens is 446 g/mol. The molecule has 0 radical (unpaired) electrons. The number of methoxy groups -OCH3 is 1. The number of carbonyl (C=O) groups excluding carboxylic acids is 1. The number of fused-ring (bicyclic) bond motifs is 1. The summed E-state index contributed by atoms with van der Waals surface area (Å²) in [6.45, 7) is 5.87. The van der Waals surface area contributed by atoms with Crippen molar-refractivity contribution in [3.8, 4) is 11.5 Å². The van der Waals surface area contributed by atoms with Crippen LogP contribution < -0.4 is 20.5 Å². The Kier molecular flexibility index (Phi) is 8.05. The molecule has 0 unspecified atom stereocenters. The number of halogens is 1. The molecule has 3 rings (SSSR count). The van der Waals surface area contributed by atoms with E-state index in [4.69, 9.17) is 25.5 Å². The molecule has 0 spiro atoms. The number of oxazole rings is 1. The van der Waals surface area contributed by atoms with Crippen LogP contribution >= 0.6 is 11.6 Å².